The van der Waals surface area contributed by atoms with Gasteiger partial charge in [-0.05, 0) is 19.9 Å². The normalized spacial score (nSPS) is 17.2. The molecule has 1 N–H and O–H groups in total. The van der Waals surface area contributed by atoms with E-state index >= 15 is 0 Å². The molecule has 35 heavy (non-hydrogen) atoms. The van der Waals surface area contributed by atoms with E-state index in [1.165, 1.54) is 23.6 Å². The van der Waals surface area contributed by atoms with Gasteiger partial charge < -0.3 is 10.1 Å². The summed E-state index contributed by atoms with van der Waals surface area (Å²) in [6.45, 7) is 6.12. The first-order valence-corrected chi connectivity index (χ1v) is 11.9. The van der Waals surface area contributed by atoms with Crippen LogP contribution >= 0.6 is 22.9 Å². The number of nitrogens with one attached hydrogen (secondary N) is 1. The van der Waals surface area contributed by atoms with Crippen LogP contribution in [0.5, 0.6) is 0 Å². The summed E-state index contributed by atoms with van der Waals surface area (Å²) in [6, 6.07) is 0.566. The predicted molar refractivity (Wildman–Crippen MR) is 126 cm³/mol. The lowest BCUT2D eigenvalue weighted by Gasteiger charge is -2.46. The second-order valence-electron chi connectivity index (χ2n) is 8.34. The van der Waals surface area contributed by atoms with Gasteiger partial charge in [0.15, 0.2) is 0 Å². The first kappa shape index (κ1) is 26.9. The van der Waals surface area contributed by atoms with E-state index in [9.17, 15) is 22.8 Å². The largest absolute Gasteiger partial charge is 0.445 e. The Balaban J connectivity index is 1.82. The minimum atomic E-state index is -4.58. The van der Waals surface area contributed by atoms with E-state index in [1.54, 1.807) is 12.3 Å². The maximum atomic E-state index is 12.7. The number of ether oxygens (including phenoxy) is 1. The molecular weight excluding hydrogens is 507 g/mol. The summed E-state index contributed by atoms with van der Waals surface area (Å²) in [7, 11) is 0. The fraction of sp³-hybridized carbons (Fsp3) is 0.455. The third-order valence-electron chi connectivity index (χ3n) is 5.58. The quantitative estimate of drug-likeness (QED) is 0.542. The van der Waals surface area contributed by atoms with Crippen molar-refractivity contribution in [1.29, 1.82) is 0 Å². The van der Waals surface area contributed by atoms with Gasteiger partial charge in [0.1, 0.15) is 24.2 Å². The van der Waals surface area contributed by atoms with Gasteiger partial charge in [-0.1, -0.05) is 24.3 Å². The van der Waals surface area contributed by atoms with Gasteiger partial charge in [0, 0.05) is 43.0 Å². The average Bonchev–Trinajstić information content (AvgIpc) is 3.31. The molecular formula is C22H25ClF3N5O3S. The van der Waals surface area contributed by atoms with E-state index < -0.39 is 36.3 Å². The van der Waals surface area contributed by atoms with Gasteiger partial charge in [0.05, 0.1) is 16.3 Å². The Morgan fingerprint density at radius 2 is 2.09 bits per heavy atom. The number of aromatic nitrogens is 2. The minimum Gasteiger partial charge on any atom is -0.445 e. The summed E-state index contributed by atoms with van der Waals surface area (Å²) in [6.07, 6.45) is -0.836. The first-order valence-electron chi connectivity index (χ1n) is 10.6. The molecule has 0 aliphatic carbocycles. The van der Waals surface area contributed by atoms with Gasteiger partial charge in [0.25, 0.3) is 0 Å². The van der Waals surface area contributed by atoms with E-state index in [0.717, 1.165) is 10.5 Å². The zero-order valence-electron chi connectivity index (χ0n) is 19.1. The van der Waals surface area contributed by atoms with Crippen LogP contribution in [-0.4, -0.2) is 76.8 Å². The van der Waals surface area contributed by atoms with Gasteiger partial charge in [-0.2, -0.15) is 13.2 Å². The third kappa shape index (κ3) is 6.71. The number of hydrogen-bond donors (Lipinski definition) is 1. The summed E-state index contributed by atoms with van der Waals surface area (Å²) in [5, 5.41) is 4.94. The number of thiazole rings is 1. The van der Waals surface area contributed by atoms with Gasteiger partial charge in [0.2, 0.25) is 5.91 Å². The number of halogens is 4. The van der Waals surface area contributed by atoms with Crippen molar-refractivity contribution in [1.82, 2.24) is 25.1 Å². The van der Waals surface area contributed by atoms with E-state index in [-0.39, 0.29) is 19.7 Å². The Morgan fingerprint density at radius 1 is 1.34 bits per heavy atom. The lowest BCUT2D eigenvalue weighted by molar-refractivity contribution is -0.143. The maximum Gasteiger partial charge on any atom is 0.410 e. The number of carbonyl (C=O) groups is 2. The van der Waals surface area contributed by atoms with Crippen molar-refractivity contribution in [2.24, 2.45) is 0 Å². The highest BCUT2D eigenvalue weighted by Gasteiger charge is 2.43. The highest BCUT2D eigenvalue weighted by atomic mass is 35.5. The molecule has 1 unspecified atom stereocenters. The molecule has 0 radical (unpaired) electrons. The summed E-state index contributed by atoms with van der Waals surface area (Å²) in [5.41, 5.74) is 0.763. The maximum absolute atomic E-state index is 12.7. The van der Waals surface area contributed by atoms with Crippen molar-refractivity contribution in [3.63, 3.8) is 0 Å². The Hall–Kier alpha value is -2.70. The molecule has 3 heterocycles. The topological polar surface area (TPSA) is 87.7 Å². The fourth-order valence-corrected chi connectivity index (χ4v) is 4.77. The number of carbonyl (C=O) groups excluding carboxylic acids is 2. The van der Waals surface area contributed by atoms with Crippen LogP contribution in [0, 0.1) is 0 Å². The lowest BCUT2D eigenvalue weighted by atomic mass is 9.96. The van der Waals surface area contributed by atoms with Crippen molar-refractivity contribution < 1.29 is 27.5 Å². The van der Waals surface area contributed by atoms with Crippen molar-refractivity contribution in [2.45, 2.75) is 31.6 Å². The second-order valence-corrected chi connectivity index (χ2v) is 9.64. The standard InChI is InChI=1S/C22H25ClF3N5O3S/c1-4-7-34-20(33)31-6-5-30(11-16(31)18(32)28-13-22(24,25)26)21(2,3)17-12-35-19(29-17)14-8-15(23)10-27-9-14/h4,8-10,12,16H,1,5-7,11,13H2,2-3H3,(H,28,32). The molecule has 1 aliphatic rings. The average molecular weight is 532 g/mol. The number of hydrogen-bond acceptors (Lipinski definition) is 7. The molecule has 8 nitrogen and oxygen atoms in total. The first-order chi connectivity index (χ1) is 16.4. The van der Waals surface area contributed by atoms with E-state index in [2.05, 4.69) is 11.6 Å². The van der Waals surface area contributed by atoms with Crippen molar-refractivity contribution in [3.05, 3.63) is 47.2 Å². The van der Waals surface area contributed by atoms with Crippen LogP contribution < -0.4 is 5.32 Å². The second kappa shape index (κ2) is 10.9. The van der Waals surface area contributed by atoms with Crippen LogP contribution in [-0.2, 0) is 15.1 Å². The minimum absolute atomic E-state index is 0.00847. The van der Waals surface area contributed by atoms with Crippen molar-refractivity contribution in [3.8, 4) is 10.6 Å². The van der Waals surface area contributed by atoms with Gasteiger partial charge in [-0.25, -0.2) is 9.78 Å². The summed E-state index contributed by atoms with van der Waals surface area (Å²) < 4.78 is 43.1. The Bertz CT molecular complexity index is 1080. The summed E-state index contributed by atoms with van der Waals surface area (Å²) >= 11 is 7.43. The number of rotatable bonds is 7. The number of nitrogens with zero attached hydrogens (tertiary/aromatic N) is 4. The molecule has 2 aromatic rings. The van der Waals surface area contributed by atoms with Crippen LogP contribution in [0.1, 0.15) is 19.5 Å². The Labute approximate surface area is 209 Å². The van der Waals surface area contributed by atoms with Crippen LogP contribution in [0.2, 0.25) is 5.02 Å². The summed E-state index contributed by atoms with van der Waals surface area (Å²) in [4.78, 5) is 37.1. The number of amides is 2. The number of pyridine rings is 1. The van der Waals surface area contributed by atoms with Gasteiger partial charge in [-0.3, -0.25) is 19.6 Å². The highest BCUT2D eigenvalue weighted by molar-refractivity contribution is 7.13. The van der Waals surface area contributed by atoms with Crippen molar-refractivity contribution in [2.75, 3.05) is 32.8 Å². The smallest absolute Gasteiger partial charge is 0.410 e. The SMILES string of the molecule is C=CCOC(=O)N1CCN(C(C)(C)c2csc(-c3cncc(Cl)c3)n2)CC1C(=O)NCC(F)(F)F. The highest BCUT2D eigenvalue weighted by Crippen LogP contribution is 2.34. The Kier molecular flexibility index (Phi) is 8.39. The molecule has 1 aliphatic heterocycles. The molecule has 13 heteroatoms. The molecule has 0 bridgehead atoms. The Morgan fingerprint density at radius 3 is 2.74 bits per heavy atom. The number of piperazine rings is 1. The molecule has 1 fully saturated rings. The van der Waals surface area contributed by atoms with E-state index in [0.29, 0.717) is 22.3 Å². The zero-order chi connectivity index (χ0) is 25.8. The van der Waals surface area contributed by atoms with Crippen LogP contribution in [0.3, 0.4) is 0 Å². The molecule has 0 spiro atoms. The molecule has 1 atom stereocenters. The van der Waals surface area contributed by atoms with Gasteiger partial charge >= 0.3 is 12.3 Å². The molecule has 2 amide bonds. The fourth-order valence-electron chi connectivity index (χ4n) is 3.63. The van der Waals surface area contributed by atoms with Crippen LogP contribution in [0.25, 0.3) is 10.6 Å². The molecule has 3 rings (SSSR count). The monoisotopic (exact) mass is 531 g/mol. The predicted octanol–water partition coefficient (Wildman–Crippen LogP) is 4.08. The van der Waals surface area contributed by atoms with E-state index in [4.69, 9.17) is 21.3 Å². The van der Waals surface area contributed by atoms with Gasteiger partial charge in [-0.15, -0.1) is 11.3 Å². The summed E-state index contributed by atoms with van der Waals surface area (Å²) in [5.74, 6) is -0.914. The van der Waals surface area contributed by atoms with Crippen LogP contribution in [0.4, 0.5) is 18.0 Å². The van der Waals surface area contributed by atoms with Crippen LogP contribution in [0.15, 0.2) is 36.5 Å². The van der Waals surface area contributed by atoms with E-state index in [1.807, 2.05) is 29.4 Å². The number of alkyl halides is 3. The van der Waals surface area contributed by atoms with Crippen molar-refractivity contribution >= 4 is 34.9 Å². The molecule has 1 saturated heterocycles. The molecule has 2 aromatic heterocycles. The zero-order valence-corrected chi connectivity index (χ0v) is 20.7. The molecule has 0 aromatic carbocycles. The lowest BCUT2D eigenvalue weighted by Crippen LogP contribution is -2.64. The molecule has 190 valence electrons. The third-order valence-corrected chi connectivity index (χ3v) is 6.68. The molecule has 0 saturated carbocycles.